The molecule has 0 N–H and O–H groups in total. The van der Waals surface area contributed by atoms with Crippen LogP contribution in [0.1, 0.15) is 11.3 Å². The van der Waals surface area contributed by atoms with Gasteiger partial charge < -0.3 is 0 Å². The number of hydrogen-bond acceptors (Lipinski definition) is 3. The molecule has 0 aliphatic heterocycles. The van der Waals surface area contributed by atoms with Gasteiger partial charge in [-0.2, -0.15) is 18.4 Å². The van der Waals surface area contributed by atoms with Crippen molar-refractivity contribution in [3.63, 3.8) is 0 Å². The molecular formula is C13H8F3N3. The van der Waals surface area contributed by atoms with Gasteiger partial charge in [0.25, 0.3) is 0 Å². The molecule has 3 nitrogen and oxygen atoms in total. The van der Waals surface area contributed by atoms with Crippen molar-refractivity contribution in [3.05, 3.63) is 48.0 Å². The molecule has 2 aromatic heterocycles. The molecule has 6 heteroatoms. The summed E-state index contributed by atoms with van der Waals surface area (Å²) in [6.07, 6.45) is -0.809. The molecule has 2 rings (SSSR count). The second-order valence-electron chi connectivity index (χ2n) is 3.79. The fourth-order valence-electron chi connectivity index (χ4n) is 1.64. The third-order valence-electron chi connectivity index (χ3n) is 2.52. The van der Waals surface area contributed by atoms with E-state index in [1.165, 1.54) is 12.4 Å². The lowest BCUT2D eigenvalue weighted by atomic mass is 10.0. The highest BCUT2D eigenvalue weighted by Crippen LogP contribution is 2.32. The molecule has 0 saturated carbocycles. The zero-order valence-electron chi connectivity index (χ0n) is 9.65. The Labute approximate surface area is 107 Å². The summed E-state index contributed by atoms with van der Waals surface area (Å²) in [5.74, 6) is 0. The third-order valence-corrected chi connectivity index (χ3v) is 2.52. The average molecular weight is 263 g/mol. The zero-order chi connectivity index (χ0) is 13.9. The van der Waals surface area contributed by atoms with E-state index in [9.17, 15) is 13.2 Å². The Morgan fingerprint density at radius 3 is 2.63 bits per heavy atom. The van der Waals surface area contributed by atoms with E-state index >= 15 is 0 Å². The first kappa shape index (κ1) is 13.0. The number of rotatable bonds is 2. The number of aromatic nitrogens is 2. The zero-order valence-corrected chi connectivity index (χ0v) is 9.65. The number of halogens is 3. The first-order valence-electron chi connectivity index (χ1n) is 5.36. The minimum Gasteiger partial charge on any atom is -0.264 e. The molecule has 2 aromatic rings. The van der Waals surface area contributed by atoms with E-state index in [1.54, 1.807) is 12.1 Å². The average Bonchev–Trinajstić information content (AvgIpc) is 2.39. The van der Waals surface area contributed by atoms with E-state index in [2.05, 4.69) is 9.97 Å². The van der Waals surface area contributed by atoms with Gasteiger partial charge in [0.15, 0.2) is 0 Å². The molecule has 0 aromatic carbocycles. The fourth-order valence-corrected chi connectivity index (χ4v) is 1.64. The maximum absolute atomic E-state index is 12.7. The van der Waals surface area contributed by atoms with Gasteiger partial charge >= 0.3 is 6.18 Å². The number of alkyl halides is 3. The van der Waals surface area contributed by atoms with Gasteiger partial charge in [0, 0.05) is 29.7 Å². The number of pyridine rings is 2. The number of nitriles is 1. The standard InChI is InChI=1S/C13H8F3N3/c14-13(15,16)10-6-11(9-2-1-5-18-7-9)12(3-4-17)19-8-10/h1-2,5-8H,3H2. The lowest BCUT2D eigenvalue weighted by molar-refractivity contribution is -0.137. The lowest BCUT2D eigenvalue weighted by Gasteiger charge is -2.11. The summed E-state index contributed by atoms with van der Waals surface area (Å²) in [6.45, 7) is 0. The van der Waals surface area contributed by atoms with Crippen molar-refractivity contribution in [2.45, 2.75) is 12.6 Å². The normalized spacial score (nSPS) is 11.1. The first-order chi connectivity index (χ1) is 9.02. The first-order valence-corrected chi connectivity index (χ1v) is 5.36. The summed E-state index contributed by atoms with van der Waals surface area (Å²) >= 11 is 0. The van der Waals surface area contributed by atoms with Crippen LogP contribution < -0.4 is 0 Å². The summed E-state index contributed by atoms with van der Waals surface area (Å²) < 4.78 is 38.0. The van der Waals surface area contributed by atoms with Crippen molar-refractivity contribution in [2.24, 2.45) is 0 Å². The fraction of sp³-hybridized carbons (Fsp3) is 0.154. The van der Waals surface area contributed by atoms with Crippen molar-refractivity contribution < 1.29 is 13.2 Å². The van der Waals surface area contributed by atoms with E-state index < -0.39 is 11.7 Å². The summed E-state index contributed by atoms with van der Waals surface area (Å²) in [4.78, 5) is 7.60. The van der Waals surface area contributed by atoms with Gasteiger partial charge in [0.1, 0.15) is 0 Å². The largest absolute Gasteiger partial charge is 0.417 e. The maximum Gasteiger partial charge on any atom is 0.417 e. The SMILES string of the molecule is N#CCc1ncc(C(F)(F)F)cc1-c1cccnc1. The minimum atomic E-state index is -4.46. The molecule has 0 amide bonds. The van der Waals surface area contributed by atoms with Crippen molar-refractivity contribution >= 4 is 0 Å². The third kappa shape index (κ3) is 2.88. The van der Waals surface area contributed by atoms with Crippen molar-refractivity contribution in [2.75, 3.05) is 0 Å². The van der Waals surface area contributed by atoms with Crippen molar-refractivity contribution in [3.8, 4) is 17.2 Å². The Kier molecular flexibility index (Phi) is 3.47. The van der Waals surface area contributed by atoms with Crippen LogP contribution in [0, 0.1) is 11.3 Å². The Bertz CT molecular complexity index is 615. The molecule has 0 aliphatic carbocycles. The van der Waals surface area contributed by atoms with E-state index in [1.807, 2.05) is 6.07 Å². The van der Waals surface area contributed by atoms with E-state index in [0.29, 0.717) is 11.3 Å². The molecular weight excluding hydrogens is 255 g/mol. The van der Waals surface area contributed by atoms with Gasteiger partial charge in [-0.15, -0.1) is 0 Å². The van der Waals surface area contributed by atoms with Crippen LogP contribution in [0.15, 0.2) is 36.8 Å². The molecule has 2 heterocycles. The van der Waals surface area contributed by atoms with Crippen LogP contribution in [0.5, 0.6) is 0 Å². The molecule has 0 spiro atoms. The van der Waals surface area contributed by atoms with Gasteiger partial charge in [-0.3, -0.25) is 9.97 Å². The lowest BCUT2D eigenvalue weighted by Crippen LogP contribution is -2.07. The topological polar surface area (TPSA) is 49.6 Å². The van der Waals surface area contributed by atoms with E-state index in [-0.39, 0.29) is 12.0 Å². The predicted molar refractivity (Wildman–Crippen MR) is 61.8 cm³/mol. The smallest absolute Gasteiger partial charge is 0.264 e. The van der Waals surface area contributed by atoms with Gasteiger partial charge in [-0.1, -0.05) is 6.07 Å². The molecule has 0 unspecified atom stereocenters. The van der Waals surface area contributed by atoms with Gasteiger partial charge in [-0.05, 0) is 12.1 Å². The molecule has 0 bridgehead atoms. The van der Waals surface area contributed by atoms with Crippen LogP contribution in [-0.2, 0) is 12.6 Å². The van der Waals surface area contributed by atoms with Gasteiger partial charge in [0.2, 0.25) is 0 Å². The molecule has 0 radical (unpaired) electrons. The minimum absolute atomic E-state index is 0.0532. The Morgan fingerprint density at radius 1 is 1.26 bits per heavy atom. The van der Waals surface area contributed by atoms with Gasteiger partial charge in [0.05, 0.1) is 23.7 Å². The summed E-state index contributed by atoms with van der Waals surface area (Å²) in [5, 5.41) is 8.69. The highest BCUT2D eigenvalue weighted by atomic mass is 19.4. The number of nitrogens with zero attached hydrogens (tertiary/aromatic N) is 3. The molecule has 0 aliphatic rings. The molecule has 96 valence electrons. The van der Waals surface area contributed by atoms with Crippen LogP contribution >= 0.6 is 0 Å². The molecule has 0 fully saturated rings. The van der Waals surface area contributed by atoms with Crippen LogP contribution in [0.25, 0.3) is 11.1 Å². The van der Waals surface area contributed by atoms with Crippen LogP contribution in [0.4, 0.5) is 13.2 Å². The highest BCUT2D eigenvalue weighted by Gasteiger charge is 2.31. The number of hydrogen-bond donors (Lipinski definition) is 0. The summed E-state index contributed by atoms with van der Waals surface area (Å²) in [6, 6.07) is 6.13. The van der Waals surface area contributed by atoms with Gasteiger partial charge in [-0.25, -0.2) is 0 Å². The van der Waals surface area contributed by atoms with E-state index in [4.69, 9.17) is 5.26 Å². The van der Waals surface area contributed by atoms with Crippen molar-refractivity contribution in [1.82, 2.24) is 9.97 Å². The van der Waals surface area contributed by atoms with Crippen molar-refractivity contribution in [1.29, 1.82) is 5.26 Å². The monoisotopic (exact) mass is 263 g/mol. The Hall–Kier alpha value is -2.42. The quantitative estimate of drug-likeness (QED) is 0.835. The molecule has 0 saturated heterocycles. The van der Waals surface area contributed by atoms with E-state index in [0.717, 1.165) is 12.3 Å². The van der Waals surface area contributed by atoms with Crippen LogP contribution in [0.3, 0.4) is 0 Å². The second kappa shape index (κ2) is 5.06. The second-order valence-corrected chi connectivity index (χ2v) is 3.79. The predicted octanol–water partition coefficient (Wildman–Crippen LogP) is 3.23. The Balaban J connectivity index is 2.58. The van der Waals surface area contributed by atoms with Crippen LogP contribution in [0.2, 0.25) is 0 Å². The highest BCUT2D eigenvalue weighted by molar-refractivity contribution is 5.66. The Morgan fingerprint density at radius 2 is 2.05 bits per heavy atom. The summed E-state index contributed by atoms with van der Waals surface area (Å²) in [5.41, 5.74) is 0.257. The molecule has 19 heavy (non-hydrogen) atoms. The summed E-state index contributed by atoms with van der Waals surface area (Å²) in [7, 11) is 0. The van der Waals surface area contributed by atoms with Crippen LogP contribution in [-0.4, -0.2) is 9.97 Å². The molecule has 0 atom stereocenters. The maximum atomic E-state index is 12.7.